The van der Waals surface area contributed by atoms with Crippen molar-refractivity contribution in [3.63, 3.8) is 0 Å². The molecule has 6 heteroatoms. The van der Waals surface area contributed by atoms with Crippen LogP contribution in [0.3, 0.4) is 0 Å². The molecule has 5 nitrogen and oxygen atoms in total. The highest BCUT2D eigenvalue weighted by molar-refractivity contribution is 6.04. The molecule has 0 saturated carbocycles. The van der Waals surface area contributed by atoms with Crippen LogP contribution in [0.4, 0.5) is 15.8 Å². The molecule has 0 unspecified atom stereocenters. The van der Waals surface area contributed by atoms with Crippen molar-refractivity contribution >= 4 is 23.2 Å². The van der Waals surface area contributed by atoms with Gasteiger partial charge in [-0.2, -0.15) is 0 Å². The van der Waals surface area contributed by atoms with Crippen molar-refractivity contribution in [1.82, 2.24) is 0 Å². The van der Waals surface area contributed by atoms with Gasteiger partial charge in [0.1, 0.15) is 17.3 Å². The zero-order chi connectivity index (χ0) is 17.1. The van der Waals surface area contributed by atoms with Crippen molar-refractivity contribution in [3.05, 3.63) is 53.8 Å². The van der Waals surface area contributed by atoms with Gasteiger partial charge in [-0.25, -0.2) is 4.39 Å². The maximum Gasteiger partial charge on any atom is 0.264 e. The summed E-state index contributed by atoms with van der Waals surface area (Å²) in [7, 11) is 1.64. The van der Waals surface area contributed by atoms with Gasteiger partial charge in [0.2, 0.25) is 5.91 Å². The first-order valence-electron chi connectivity index (χ1n) is 7.62. The van der Waals surface area contributed by atoms with E-state index in [1.165, 1.54) is 11.0 Å². The van der Waals surface area contributed by atoms with Gasteiger partial charge in [-0.15, -0.1) is 0 Å². The standard InChI is InChI=1S/C18H17FN2O3/c1-21-17(23)11-24-15-8-4-7-14(18(15)21)20-16(22)10-9-12-5-2-3-6-13(12)19/h2-8H,9-11H2,1H3,(H,20,22). The van der Waals surface area contributed by atoms with E-state index in [1.807, 2.05) is 0 Å². The number of amides is 2. The van der Waals surface area contributed by atoms with Gasteiger partial charge in [-0.1, -0.05) is 24.3 Å². The molecule has 1 heterocycles. The van der Waals surface area contributed by atoms with Crippen molar-refractivity contribution in [2.45, 2.75) is 12.8 Å². The normalized spacial score (nSPS) is 13.2. The number of para-hydroxylation sites is 1. The van der Waals surface area contributed by atoms with Gasteiger partial charge >= 0.3 is 0 Å². The second-order valence-electron chi connectivity index (χ2n) is 5.53. The number of anilines is 2. The number of halogens is 1. The molecule has 3 rings (SSSR count). The maximum atomic E-state index is 13.6. The predicted molar refractivity (Wildman–Crippen MR) is 88.7 cm³/mol. The van der Waals surface area contributed by atoms with Gasteiger partial charge in [0, 0.05) is 13.5 Å². The van der Waals surface area contributed by atoms with Crippen molar-refractivity contribution in [3.8, 4) is 5.75 Å². The number of rotatable bonds is 4. The van der Waals surface area contributed by atoms with Gasteiger partial charge in [0.05, 0.1) is 5.69 Å². The molecule has 1 aliphatic rings. The van der Waals surface area contributed by atoms with Gasteiger partial charge in [0.15, 0.2) is 6.61 Å². The fourth-order valence-electron chi connectivity index (χ4n) is 2.61. The molecule has 1 aliphatic heterocycles. The van der Waals surface area contributed by atoms with Crippen molar-refractivity contribution in [2.24, 2.45) is 0 Å². The summed E-state index contributed by atoms with van der Waals surface area (Å²) in [6.45, 7) is -0.0197. The van der Waals surface area contributed by atoms with E-state index in [0.717, 1.165) is 0 Å². The van der Waals surface area contributed by atoms with Crippen molar-refractivity contribution in [1.29, 1.82) is 0 Å². The Morgan fingerprint density at radius 1 is 1.25 bits per heavy atom. The smallest absolute Gasteiger partial charge is 0.264 e. The lowest BCUT2D eigenvalue weighted by Gasteiger charge is -2.28. The quantitative estimate of drug-likeness (QED) is 0.939. The SMILES string of the molecule is CN1C(=O)COc2cccc(NC(=O)CCc3ccccc3F)c21. The van der Waals surface area contributed by atoms with Gasteiger partial charge in [-0.3, -0.25) is 9.59 Å². The Bertz CT molecular complexity index is 792. The third kappa shape index (κ3) is 3.22. The first kappa shape index (κ1) is 16.0. The van der Waals surface area contributed by atoms with Gasteiger partial charge in [0.25, 0.3) is 5.91 Å². The third-order valence-electron chi connectivity index (χ3n) is 3.91. The highest BCUT2D eigenvalue weighted by Gasteiger charge is 2.25. The van der Waals surface area contributed by atoms with Crippen LogP contribution in [0.1, 0.15) is 12.0 Å². The molecule has 0 fully saturated rings. The van der Waals surface area contributed by atoms with E-state index in [2.05, 4.69) is 5.32 Å². The average molecular weight is 328 g/mol. The van der Waals surface area contributed by atoms with Crippen molar-refractivity contribution in [2.75, 3.05) is 23.9 Å². The van der Waals surface area contributed by atoms with Crippen LogP contribution in [0, 0.1) is 5.82 Å². The summed E-state index contributed by atoms with van der Waals surface area (Å²) in [6.07, 6.45) is 0.446. The number of ether oxygens (including phenoxy) is 1. The molecule has 2 amide bonds. The molecule has 1 N–H and O–H groups in total. The predicted octanol–water partition coefficient (Wildman–Crippen LogP) is 2.75. The number of likely N-dealkylation sites (N-methyl/N-ethyl adjacent to an activating group) is 1. The monoisotopic (exact) mass is 328 g/mol. The molecule has 2 aromatic carbocycles. The summed E-state index contributed by atoms with van der Waals surface area (Å²) in [5.41, 5.74) is 1.54. The Balaban J connectivity index is 1.71. The number of nitrogens with one attached hydrogen (secondary N) is 1. The lowest BCUT2D eigenvalue weighted by Crippen LogP contribution is -2.36. The van der Waals surface area contributed by atoms with E-state index >= 15 is 0 Å². The molecule has 0 atom stereocenters. The van der Waals surface area contributed by atoms with Crippen LogP contribution in [0.5, 0.6) is 5.75 Å². The van der Waals surface area contributed by atoms with E-state index in [0.29, 0.717) is 29.1 Å². The molecule has 0 bridgehead atoms. The maximum absolute atomic E-state index is 13.6. The largest absolute Gasteiger partial charge is 0.481 e. The minimum Gasteiger partial charge on any atom is -0.481 e. The van der Waals surface area contributed by atoms with Crippen molar-refractivity contribution < 1.29 is 18.7 Å². The Morgan fingerprint density at radius 3 is 2.83 bits per heavy atom. The molecule has 124 valence electrons. The zero-order valence-corrected chi connectivity index (χ0v) is 13.2. The molecule has 24 heavy (non-hydrogen) atoms. The number of nitrogens with zero attached hydrogens (tertiary/aromatic N) is 1. The number of fused-ring (bicyclic) bond motifs is 1. The molecule has 0 spiro atoms. The Labute approximate surface area is 139 Å². The van der Waals surface area contributed by atoms with Crippen LogP contribution in [-0.4, -0.2) is 25.5 Å². The van der Waals surface area contributed by atoms with Crippen LogP contribution in [0.2, 0.25) is 0 Å². The minimum atomic E-state index is -0.318. The Kier molecular flexibility index (Phi) is 4.46. The summed E-state index contributed by atoms with van der Waals surface area (Å²) in [6, 6.07) is 11.6. The summed E-state index contributed by atoms with van der Waals surface area (Å²) in [5, 5.41) is 2.78. The van der Waals surface area contributed by atoms with Crippen LogP contribution in [0.15, 0.2) is 42.5 Å². The van der Waals surface area contributed by atoms with Crippen LogP contribution >= 0.6 is 0 Å². The summed E-state index contributed by atoms with van der Waals surface area (Å²) in [4.78, 5) is 25.4. The van der Waals surface area contributed by atoms with Crippen LogP contribution < -0.4 is 15.0 Å². The number of hydrogen-bond donors (Lipinski definition) is 1. The van der Waals surface area contributed by atoms with E-state index < -0.39 is 0 Å². The lowest BCUT2D eigenvalue weighted by atomic mass is 10.1. The molecule has 2 aromatic rings. The summed E-state index contributed by atoms with van der Waals surface area (Å²) in [5.74, 6) is -0.209. The third-order valence-corrected chi connectivity index (χ3v) is 3.91. The first-order chi connectivity index (χ1) is 11.6. The number of hydrogen-bond acceptors (Lipinski definition) is 3. The van der Waals surface area contributed by atoms with Gasteiger partial charge < -0.3 is 15.0 Å². The molecular weight excluding hydrogens is 311 g/mol. The number of carbonyl (C=O) groups excluding carboxylic acids is 2. The van der Waals surface area contributed by atoms with Crippen LogP contribution in [-0.2, 0) is 16.0 Å². The van der Waals surface area contributed by atoms with E-state index in [1.54, 1.807) is 43.4 Å². The topological polar surface area (TPSA) is 58.6 Å². The van der Waals surface area contributed by atoms with E-state index in [9.17, 15) is 14.0 Å². The number of aryl methyl sites for hydroxylation is 1. The van der Waals surface area contributed by atoms with E-state index in [4.69, 9.17) is 4.74 Å². The summed E-state index contributed by atoms with van der Waals surface area (Å²) >= 11 is 0. The molecular formula is C18H17FN2O3. The van der Waals surface area contributed by atoms with E-state index in [-0.39, 0.29) is 30.7 Å². The highest BCUT2D eigenvalue weighted by Crippen LogP contribution is 2.38. The average Bonchev–Trinajstić information content (AvgIpc) is 2.57. The summed E-state index contributed by atoms with van der Waals surface area (Å²) < 4.78 is 19.0. The number of carbonyl (C=O) groups is 2. The molecule has 0 aromatic heterocycles. The lowest BCUT2D eigenvalue weighted by molar-refractivity contribution is -0.121. The van der Waals surface area contributed by atoms with Gasteiger partial charge in [-0.05, 0) is 30.2 Å². The first-order valence-corrected chi connectivity index (χ1v) is 7.62. The second-order valence-corrected chi connectivity index (χ2v) is 5.53. The second kappa shape index (κ2) is 6.70. The zero-order valence-electron chi connectivity index (χ0n) is 13.2. The minimum absolute atomic E-state index is 0.0197. The fourth-order valence-corrected chi connectivity index (χ4v) is 2.61. The fraction of sp³-hybridized carbons (Fsp3) is 0.222. The molecule has 0 aliphatic carbocycles. The molecule has 0 radical (unpaired) electrons. The highest BCUT2D eigenvalue weighted by atomic mass is 19.1. The Morgan fingerprint density at radius 2 is 2.04 bits per heavy atom. The number of benzene rings is 2. The van der Waals surface area contributed by atoms with Crippen LogP contribution in [0.25, 0.3) is 0 Å². The molecule has 0 saturated heterocycles. The Hall–Kier alpha value is -2.89.